The summed E-state index contributed by atoms with van der Waals surface area (Å²) in [6, 6.07) is 0. The second kappa shape index (κ2) is 11.6. The van der Waals surface area contributed by atoms with E-state index in [0.717, 1.165) is 11.6 Å². The van der Waals surface area contributed by atoms with Crippen LogP contribution in [-0.4, -0.2) is 108 Å². The van der Waals surface area contributed by atoms with Crippen molar-refractivity contribution in [3.8, 4) is 0 Å². The molecule has 3 fully saturated rings. The van der Waals surface area contributed by atoms with E-state index in [0.29, 0.717) is 6.42 Å². The molecule has 5 aliphatic rings. The lowest BCUT2D eigenvalue weighted by atomic mass is 9.39. The van der Waals surface area contributed by atoms with Crippen LogP contribution in [0.3, 0.4) is 0 Å². The summed E-state index contributed by atoms with van der Waals surface area (Å²) in [5, 5.41) is 74.4. The molecule has 0 bridgehead atoms. The summed E-state index contributed by atoms with van der Waals surface area (Å²) in [6.45, 7) is 12.8. The smallest absolute Gasteiger partial charge is 0.229 e. The molecule has 1 aliphatic heterocycles. The van der Waals surface area contributed by atoms with E-state index in [1.54, 1.807) is 19.9 Å². The van der Waals surface area contributed by atoms with Crippen molar-refractivity contribution in [3.05, 3.63) is 35.6 Å². The van der Waals surface area contributed by atoms with Gasteiger partial charge in [-0.2, -0.15) is 0 Å². The highest BCUT2D eigenvalue weighted by molar-refractivity contribution is 6.02. The Morgan fingerprint density at radius 1 is 1.00 bits per heavy atom. The number of fused-ring (bicyclic) bond motifs is 5. The van der Waals surface area contributed by atoms with Gasteiger partial charge < -0.3 is 45.2 Å². The first-order valence-corrected chi connectivity index (χ1v) is 16.7. The fraction of sp³-hybridized carbons (Fsp3) is 0.750. The maximum Gasteiger partial charge on any atom is 0.229 e. The molecular weight excluding hydrogens is 624 g/mol. The summed E-state index contributed by atoms with van der Waals surface area (Å²) in [7, 11) is 0. The lowest BCUT2D eigenvalue weighted by Crippen LogP contribution is -2.64. The van der Waals surface area contributed by atoms with Crippen LogP contribution in [-0.2, 0) is 23.9 Å². The molecule has 0 aromatic rings. The summed E-state index contributed by atoms with van der Waals surface area (Å²) in [5.41, 5.74) is -6.65. The summed E-state index contributed by atoms with van der Waals surface area (Å²) in [6.07, 6.45) is -2.56. The largest absolute Gasteiger partial charge is 0.459 e. The van der Waals surface area contributed by atoms with Gasteiger partial charge in [0.1, 0.15) is 35.8 Å². The molecule has 9 unspecified atom stereocenters. The second-order valence-corrected chi connectivity index (χ2v) is 16.7. The average Bonchev–Trinajstić information content (AvgIpc) is 3.19. The fourth-order valence-electron chi connectivity index (χ4n) is 9.94. The van der Waals surface area contributed by atoms with Crippen molar-refractivity contribution in [2.24, 2.45) is 39.4 Å². The molecule has 2 saturated carbocycles. The van der Waals surface area contributed by atoms with Crippen molar-refractivity contribution >= 4 is 17.3 Å². The molecule has 13 atom stereocenters. The number of allylic oxidation sites excluding steroid dienone is 4. The lowest BCUT2D eigenvalue weighted by Gasteiger charge is -2.63. The molecule has 268 valence electrons. The molecule has 0 amide bonds. The van der Waals surface area contributed by atoms with E-state index in [1.807, 2.05) is 26.8 Å². The van der Waals surface area contributed by atoms with E-state index in [1.165, 1.54) is 26.8 Å². The second-order valence-electron chi connectivity index (χ2n) is 16.7. The third kappa shape index (κ3) is 5.21. The predicted molar refractivity (Wildman–Crippen MR) is 171 cm³/mol. The van der Waals surface area contributed by atoms with Gasteiger partial charge in [0.15, 0.2) is 11.5 Å². The SMILES string of the molecule is CC(C)(O)C=CC(=O)[C@](C)(O)C1C(O)C[C@@]2(C)C3CC=C4C(C=C(OC5OC(CO)C(O)C(O)C5O)C(=O)C4(C)C)[C@]3(C)C(=O)C[C@]12C. The number of hydrogen-bond donors (Lipinski definition) is 7. The molecule has 12 heteroatoms. The maximum atomic E-state index is 14.7. The van der Waals surface area contributed by atoms with Crippen molar-refractivity contribution in [2.75, 3.05) is 6.61 Å². The third-order valence-corrected chi connectivity index (χ3v) is 12.9. The highest BCUT2D eigenvalue weighted by Gasteiger charge is 2.74. The van der Waals surface area contributed by atoms with Gasteiger partial charge in [0.2, 0.25) is 12.1 Å². The molecule has 0 radical (unpaired) electrons. The number of carbonyl (C=O) groups excluding carboxylic acids is 3. The number of ketones is 3. The minimum absolute atomic E-state index is 0.0637. The zero-order valence-corrected chi connectivity index (χ0v) is 29.0. The Hall–Kier alpha value is -2.29. The minimum atomic E-state index is -2.05. The van der Waals surface area contributed by atoms with Crippen molar-refractivity contribution in [2.45, 2.75) is 123 Å². The van der Waals surface area contributed by atoms with Crippen LogP contribution in [0.4, 0.5) is 0 Å². The standard InChI is InChI=1S/C36H52O12/c1-31(2,45)12-11-23(39)36(8,46)28-19(38)14-33(5)22-10-9-17-18(35(22,7)24(40)15-34(28,33)6)13-20(29(44)32(17,3)4)47-30-27(43)26(42)25(41)21(16-37)48-30/h9,11-13,18-19,21-22,25-28,30,37-38,41-43,45-46H,10,14-16H2,1-8H3/t18?,19?,21?,22?,25?,26?,27?,28?,30?,33-,34+,35-,36-/m0/s1. The Labute approximate surface area is 281 Å². The number of carbonyl (C=O) groups is 3. The molecule has 4 aliphatic carbocycles. The summed E-state index contributed by atoms with van der Waals surface area (Å²) < 4.78 is 11.5. The van der Waals surface area contributed by atoms with Crippen molar-refractivity contribution < 1.29 is 59.6 Å². The summed E-state index contributed by atoms with van der Waals surface area (Å²) in [4.78, 5) is 41.9. The molecule has 1 heterocycles. The number of Topliss-reactive ketones (excluding diaryl/α,β-unsaturated/α-hetero) is 2. The van der Waals surface area contributed by atoms with Gasteiger partial charge in [-0.25, -0.2) is 0 Å². The van der Waals surface area contributed by atoms with Crippen LogP contribution >= 0.6 is 0 Å². The highest BCUT2D eigenvalue weighted by Crippen LogP contribution is 2.73. The van der Waals surface area contributed by atoms with Crippen LogP contribution in [0.15, 0.2) is 35.6 Å². The van der Waals surface area contributed by atoms with Crippen LogP contribution in [0, 0.1) is 39.4 Å². The van der Waals surface area contributed by atoms with E-state index < -0.39 is 106 Å². The van der Waals surface area contributed by atoms with E-state index in [4.69, 9.17) is 9.47 Å². The predicted octanol–water partition coefficient (Wildman–Crippen LogP) is 0.878. The first kappa shape index (κ1) is 37.0. The maximum absolute atomic E-state index is 14.7. The first-order chi connectivity index (χ1) is 21.9. The van der Waals surface area contributed by atoms with Crippen LogP contribution in [0.25, 0.3) is 0 Å². The normalized spacial score (nSPS) is 45.4. The van der Waals surface area contributed by atoms with Crippen LogP contribution < -0.4 is 0 Å². The molecule has 7 N–H and O–H groups in total. The Morgan fingerprint density at radius 3 is 2.21 bits per heavy atom. The van der Waals surface area contributed by atoms with Gasteiger partial charge in [-0.1, -0.05) is 38.5 Å². The minimum Gasteiger partial charge on any atom is -0.459 e. The lowest BCUT2D eigenvalue weighted by molar-refractivity contribution is -0.291. The molecule has 0 aromatic carbocycles. The van der Waals surface area contributed by atoms with Gasteiger partial charge in [-0.15, -0.1) is 0 Å². The number of ether oxygens (including phenoxy) is 2. The topological polar surface area (TPSA) is 211 Å². The number of aliphatic hydroxyl groups excluding tert-OH is 5. The van der Waals surface area contributed by atoms with E-state index in [-0.39, 0.29) is 24.4 Å². The molecule has 0 spiro atoms. The summed E-state index contributed by atoms with van der Waals surface area (Å²) >= 11 is 0. The van der Waals surface area contributed by atoms with Gasteiger partial charge >= 0.3 is 0 Å². The van der Waals surface area contributed by atoms with Crippen molar-refractivity contribution in [1.82, 2.24) is 0 Å². The Balaban J connectivity index is 1.55. The quantitative estimate of drug-likeness (QED) is 0.148. The van der Waals surface area contributed by atoms with Gasteiger partial charge in [0, 0.05) is 23.7 Å². The van der Waals surface area contributed by atoms with E-state index in [2.05, 4.69) is 0 Å². The third-order valence-electron chi connectivity index (χ3n) is 12.9. The first-order valence-electron chi connectivity index (χ1n) is 16.7. The van der Waals surface area contributed by atoms with Crippen molar-refractivity contribution in [1.29, 1.82) is 0 Å². The van der Waals surface area contributed by atoms with Crippen LogP contribution in [0.2, 0.25) is 0 Å². The van der Waals surface area contributed by atoms with Gasteiger partial charge in [0.25, 0.3) is 0 Å². The molecule has 0 aromatic heterocycles. The number of aliphatic hydroxyl groups is 7. The molecule has 12 nitrogen and oxygen atoms in total. The highest BCUT2D eigenvalue weighted by atomic mass is 16.7. The Bertz CT molecular complexity index is 1450. The molecule has 1 saturated heterocycles. The van der Waals surface area contributed by atoms with E-state index >= 15 is 0 Å². The molecule has 5 rings (SSSR count). The fourth-order valence-corrected chi connectivity index (χ4v) is 9.94. The Kier molecular flexibility index (Phi) is 8.96. The average molecular weight is 677 g/mol. The Morgan fingerprint density at radius 2 is 1.62 bits per heavy atom. The van der Waals surface area contributed by atoms with Gasteiger partial charge in [-0.3, -0.25) is 14.4 Å². The van der Waals surface area contributed by atoms with E-state index in [9.17, 15) is 50.1 Å². The zero-order valence-electron chi connectivity index (χ0n) is 29.0. The van der Waals surface area contributed by atoms with Gasteiger partial charge in [0.05, 0.1) is 23.7 Å². The van der Waals surface area contributed by atoms with Crippen molar-refractivity contribution in [3.63, 3.8) is 0 Å². The monoisotopic (exact) mass is 676 g/mol. The van der Waals surface area contributed by atoms with Gasteiger partial charge in [-0.05, 0) is 76.4 Å². The van der Waals surface area contributed by atoms with Crippen LogP contribution in [0.1, 0.15) is 74.7 Å². The number of rotatable bonds is 7. The number of hydrogen-bond acceptors (Lipinski definition) is 12. The zero-order chi connectivity index (χ0) is 36.2. The summed E-state index contributed by atoms with van der Waals surface area (Å²) in [5.74, 6) is -3.51. The molecular formula is C36H52O12. The van der Waals surface area contributed by atoms with Crippen LogP contribution in [0.5, 0.6) is 0 Å². The molecule has 48 heavy (non-hydrogen) atoms.